The van der Waals surface area contributed by atoms with E-state index in [2.05, 4.69) is 8.75 Å². The van der Waals surface area contributed by atoms with Crippen molar-refractivity contribution in [3.8, 4) is 20.9 Å². The Labute approximate surface area is 242 Å². The second-order valence-corrected chi connectivity index (χ2v) is 12.7. The lowest BCUT2D eigenvalue weighted by atomic mass is 9.99. The summed E-state index contributed by atoms with van der Waals surface area (Å²) in [6.07, 6.45) is 0. The van der Waals surface area contributed by atoms with Gasteiger partial charge in [0.1, 0.15) is 11.0 Å². The molecule has 2 aliphatic rings. The smallest absolute Gasteiger partial charge is 0.261 e. The quantitative estimate of drug-likeness (QED) is 0.208. The summed E-state index contributed by atoms with van der Waals surface area (Å²) in [6.45, 7) is 0. The summed E-state index contributed by atoms with van der Waals surface area (Å²) >= 11 is 3.92. The number of fused-ring (bicyclic) bond motifs is 5. The van der Waals surface area contributed by atoms with Gasteiger partial charge in [0.25, 0.3) is 23.6 Å². The van der Waals surface area contributed by atoms with Gasteiger partial charge in [0.2, 0.25) is 0 Å². The van der Waals surface area contributed by atoms with Crippen LogP contribution in [0.25, 0.3) is 52.1 Å². The molecule has 0 bridgehead atoms. The van der Waals surface area contributed by atoms with Crippen LogP contribution in [0, 0.1) is 0 Å². The molecule has 0 saturated carbocycles. The van der Waals surface area contributed by atoms with Crippen LogP contribution in [-0.4, -0.2) is 56.3 Å². The third-order valence-electron chi connectivity index (χ3n) is 7.74. The molecule has 8 rings (SSSR count). The molecule has 41 heavy (non-hydrogen) atoms. The molecule has 13 heteroatoms. The number of carbonyl (C=O) groups is 4. The normalized spacial score (nSPS) is 14.9. The van der Waals surface area contributed by atoms with E-state index in [1.165, 1.54) is 36.8 Å². The highest BCUT2D eigenvalue weighted by atomic mass is 32.1. The largest absolute Gasteiger partial charge is 0.396 e. The maximum absolute atomic E-state index is 12.5. The molecule has 5 heterocycles. The second kappa shape index (κ2) is 7.94. The van der Waals surface area contributed by atoms with E-state index in [0.717, 1.165) is 51.5 Å². The van der Waals surface area contributed by atoms with Gasteiger partial charge < -0.3 is 11.5 Å². The maximum atomic E-state index is 12.5. The molecule has 3 aromatic carbocycles. The number of thiophene rings is 2. The Hall–Kier alpha value is -4.72. The van der Waals surface area contributed by atoms with Gasteiger partial charge >= 0.3 is 0 Å². The number of aromatic nitrogens is 2. The van der Waals surface area contributed by atoms with E-state index in [4.69, 9.17) is 11.5 Å². The summed E-state index contributed by atoms with van der Waals surface area (Å²) in [6, 6.07) is 10.8. The number of anilines is 2. The Morgan fingerprint density at radius 2 is 0.951 bits per heavy atom. The fourth-order valence-electron chi connectivity index (χ4n) is 5.58. The first-order valence-corrected chi connectivity index (χ1v) is 14.6. The van der Waals surface area contributed by atoms with E-state index < -0.39 is 0 Å². The van der Waals surface area contributed by atoms with E-state index in [9.17, 15) is 19.2 Å². The number of rotatable bonds is 2. The SMILES string of the molecule is CN1C(=O)c2cc3cc(-c4c(N)c(N)c(-c5cc6cc7c(cc6s5)C(=O)N(C)C7=O)c5nsnc45)sc3cc2C1=O. The number of hydrogen-bond acceptors (Lipinski definition) is 11. The summed E-state index contributed by atoms with van der Waals surface area (Å²) in [7, 11) is 2.95. The van der Waals surface area contributed by atoms with Gasteiger partial charge in [-0.1, -0.05) is 0 Å². The van der Waals surface area contributed by atoms with Crippen LogP contribution in [0.4, 0.5) is 11.4 Å². The zero-order valence-electron chi connectivity index (χ0n) is 21.3. The lowest BCUT2D eigenvalue weighted by molar-refractivity contribution is 0.0678. The van der Waals surface area contributed by atoms with E-state index in [1.807, 2.05) is 12.1 Å². The minimum absolute atomic E-state index is 0.324. The fraction of sp³-hybridized carbons (Fsp3) is 0.0714. The molecule has 0 saturated heterocycles. The monoisotopic (exact) mass is 596 g/mol. The Balaban J connectivity index is 1.30. The van der Waals surface area contributed by atoms with Crippen LogP contribution in [0.2, 0.25) is 0 Å². The Morgan fingerprint density at radius 1 is 0.585 bits per heavy atom. The third-order valence-corrected chi connectivity index (χ3v) is 10.5. The highest BCUT2D eigenvalue weighted by Crippen LogP contribution is 2.49. The first-order chi connectivity index (χ1) is 19.6. The van der Waals surface area contributed by atoms with Crippen molar-refractivity contribution in [2.24, 2.45) is 0 Å². The van der Waals surface area contributed by atoms with Gasteiger partial charge in [0.05, 0.1) is 45.4 Å². The van der Waals surface area contributed by atoms with Crippen LogP contribution in [-0.2, 0) is 0 Å². The van der Waals surface area contributed by atoms with Crippen LogP contribution in [0.3, 0.4) is 0 Å². The number of nitrogen functional groups attached to an aromatic ring is 2. The second-order valence-electron chi connectivity index (χ2n) is 9.97. The zero-order chi connectivity index (χ0) is 28.5. The summed E-state index contributed by atoms with van der Waals surface area (Å²) in [5.41, 5.74) is 18.1. The summed E-state index contributed by atoms with van der Waals surface area (Å²) in [4.78, 5) is 53.9. The highest BCUT2D eigenvalue weighted by Gasteiger charge is 2.35. The van der Waals surface area contributed by atoms with Gasteiger partial charge in [0.15, 0.2) is 0 Å². The van der Waals surface area contributed by atoms with Gasteiger partial charge in [-0.3, -0.25) is 29.0 Å². The van der Waals surface area contributed by atoms with Crippen molar-refractivity contribution in [1.29, 1.82) is 0 Å². The standard InChI is InChI=1S/C28H16N6O4S3/c1-33-25(35)11-3-9-5-17(39-15(9)7-13(11)27(33)37)19-21(29)22(30)20(24-23(19)31-41-32-24)18-6-10-4-12-14(8-16(10)40-18)28(38)34(2)26(12)36/h3-8H,29-30H2,1-2H3. The van der Waals surface area contributed by atoms with E-state index >= 15 is 0 Å². The molecule has 0 unspecified atom stereocenters. The summed E-state index contributed by atoms with van der Waals surface area (Å²) in [5, 5.41) is 1.62. The van der Waals surface area contributed by atoms with Crippen molar-refractivity contribution < 1.29 is 19.2 Å². The van der Waals surface area contributed by atoms with Gasteiger partial charge in [-0.15, -0.1) is 22.7 Å². The third kappa shape index (κ3) is 3.05. The molecule has 200 valence electrons. The zero-order valence-corrected chi connectivity index (χ0v) is 23.7. The van der Waals surface area contributed by atoms with E-state index in [1.54, 1.807) is 24.3 Å². The summed E-state index contributed by atoms with van der Waals surface area (Å²) < 4.78 is 10.8. The highest BCUT2D eigenvalue weighted by molar-refractivity contribution is 7.23. The Bertz CT molecular complexity index is 2000. The van der Waals surface area contributed by atoms with Crippen molar-refractivity contribution in [3.05, 3.63) is 58.7 Å². The van der Waals surface area contributed by atoms with Crippen molar-refractivity contribution >= 4 is 101 Å². The van der Waals surface area contributed by atoms with E-state index in [-0.39, 0.29) is 23.6 Å². The maximum Gasteiger partial charge on any atom is 0.261 e. The van der Waals surface area contributed by atoms with Crippen LogP contribution in [0.1, 0.15) is 41.4 Å². The molecular weight excluding hydrogens is 581 g/mol. The van der Waals surface area contributed by atoms with Crippen molar-refractivity contribution in [3.63, 3.8) is 0 Å². The molecule has 0 fully saturated rings. The number of hydrogen-bond donors (Lipinski definition) is 2. The molecule has 0 aliphatic carbocycles. The minimum atomic E-state index is -0.326. The van der Waals surface area contributed by atoms with Crippen LogP contribution in [0.5, 0.6) is 0 Å². The molecule has 4 amide bonds. The Morgan fingerprint density at radius 3 is 1.34 bits per heavy atom. The number of imide groups is 2. The van der Waals surface area contributed by atoms with Gasteiger partial charge in [-0.25, -0.2) is 0 Å². The van der Waals surface area contributed by atoms with E-state index in [0.29, 0.717) is 55.8 Å². The van der Waals surface area contributed by atoms with Crippen molar-refractivity contribution in [2.75, 3.05) is 25.6 Å². The number of benzene rings is 3. The van der Waals surface area contributed by atoms with Crippen molar-refractivity contribution in [2.45, 2.75) is 0 Å². The molecule has 0 radical (unpaired) electrons. The van der Waals surface area contributed by atoms with Crippen LogP contribution >= 0.6 is 34.4 Å². The first kappa shape index (κ1) is 24.1. The average molecular weight is 597 g/mol. The predicted molar refractivity (Wildman–Crippen MR) is 161 cm³/mol. The average Bonchev–Trinajstić information content (AvgIpc) is 3.76. The number of nitrogens with two attached hydrogens (primary N) is 2. The van der Waals surface area contributed by atoms with Gasteiger partial charge in [-0.2, -0.15) is 8.75 Å². The first-order valence-electron chi connectivity index (χ1n) is 12.3. The van der Waals surface area contributed by atoms with Crippen LogP contribution in [0.15, 0.2) is 36.4 Å². The van der Waals surface area contributed by atoms with Crippen LogP contribution < -0.4 is 11.5 Å². The molecule has 3 aromatic heterocycles. The topological polar surface area (TPSA) is 153 Å². The molecule has 0 spiro atoms. The molecule has 2 aliphatic heterocycles. The minimum Gasteiger partial charge on any atom is -0.396 e. The molecule has 10 nitrogen and oxygen atoms in total. The summed E-state index contributed by atoms with van der Waals surface area (Å²) in [5.74, 6) is -1.30. The molecule has 6 aromatic rings. The molecular formula is C28H16N6O4S3. The van der Waals surface area contributed by atoms with Gasteiger partial charge in [-0.05, 0) is 47.2 Å². The Kier molecular flexibility index (Phi) is 4.67. The molecule has 0 atom stereocenters. The number of nitrogens with zero attached hydrogens (tertiary/aromatic N) is 4. The fourth-order valence-corrected chi connectivity index (χ4v) is 8.42. The number of carbonyl (C=O) groups excluding carboxylic acids is 4. The molecule has 4 N–H and O–H groups in total. The van der Waals surface area contributed by atoms with Gasteiger partial charge in [0, 0.05) is 44.4 Å². The predicted octanol–water partition coefficient (Wildman–Crippen LogP) is 5.07. The lowest BCUT2D eigenvalue weighted by Crippen LogP contribution is -2.24. The number of amides is 4. The van der Waals surface area contributed by atoms with Crippen molar-refractivity contribution in [1.82, 2.24) is 18.5 Å². The lowest BCUT2D eigenvalue weighted by Gasteiger charge is -2.12.